The van der Waals surface area contributed by atoms with Gasteiger partial charge in [0, 0.05) is 26.2 Å². The number of benzene rings is 2. The van der Waals surface area contributed by atoms with Crippen LogP contribution in [0.15, 0.2) is 54.1 Å². The monoisotopic (exact) mass is 425 g/mol. The molecule has 1 aliphatic rings. The molecular formula is C21H19N3O7. The molecule has 0 aliphatic carbocycles. The molecule has 0 N–H and O–H groups in total. The van der Waals surface area contributed by atoms with Crippen LogP contribution in [0.2, 0.25) is 0 Å². The van der Waals surface area contributed by atoms with Gasteiger partial charge in [-0.2, -0.15) is 0 Å². The van der Waals surface area contributed by atoms with E-state index in [9.17, 15) is 24.5 Å². The van der Waals surface area contributed by atoms with Gasteiger partial charge in [0.1, 0.15) is 30.3 Å². The molecule has 3 rings (SSSR count). The molecule has 0 aromatic heterocycles. The number of nitro benzene ring substituents is 1. The quantitative estimate of drug-likeness (QED) is 0.220. The van der Waals surface area contributed by atoms with Crippen molar-refractivity contribution in [3.05, 3.63) is 69.8 Å². The Morgan fingerprint density at radius 2 is 1.48 bits per heavy atom. The zero-order valence-corrected chi connectivity index (χ0v) is 16.8. The van der Waals surface area contributed by atoms with Gasteiger partial charge in [-0.25, -0.2) is 4.79 Å². The number of amides is 4. The summed E-state index contributed by atoms with van der Waals surface area (Å²) in [6, 6.07) is 11.8. The molecule has 2 aromatic rings. The largest absolute Gasteiger partial charge is 0.490 e. The third kappa shape index (κ3) is 4.86. The molecule has 10 heteroatoms. The Hall–Kier alpha value is -4.21. The maximum absolute atomic E-state index is 12.3. The maximum atomic E-state index is 12.3. The molecule has 0 saturated carbocycles. The zero-order chi connectivity index (χ0) is 22.5. The van der Waals surface area contributed by atoms with Crippen LogP contribution in [0, 0.1) is 10.1 Å². The Bertz CT molecular complexity index is 1040. The van der Waals surface area contributed by atoms with Crippen molar-refractivity contribution < 1.29 is 28.8 Å². The van der Waals surface area contributed by atoms with Crippen LogP contribution >= 0.6 is 0 Å². The lowest BCUT2D eigenvalue weighted by atomic mass is 10.1. The molecule has 0 bridgehead atoms. The average molecular weight is 425 g/mol. The van der Waals surface area contributed by atoms with E-state index in [1.165, 1.54) is 44.4 Å². The lowest BCUT2D eigenvalue weighted by Gasteiger charge is -2.28. The number of hydrogen-bond donors (Lipinski definition) is 0. The van der Waals surface area contributed by atoms with Crippen LogP contribution < -0.4 is 9.47 Å². The number of carbonyl (C=O) groups excluding carboxylic acids is 3. The van der Waals surface area contributed by atoms with Crippen molar-refractivity contribution in [3.8, 4) is 11.5 Å². The van der Waals surface area contributed by atoms with Crippen LogP contribution in [0.3, 0.4) is 0 Å². The van der Waals surface area contributed by atoms with Crippen molar-refractivity contribution in [1.82, 2.24) is 9.80 Å². The smallest absolute Gasteiger partial charge is 0.333 e. The number of imide groups is 2. The lowest BCUT2D eigenvalue weighted by Crippen LogP contribution is -2.52. The summed E-state index contributed by atoms with van der Waals surface area (Å²) < 4.78 is 11.1. The van der Waals surface area contributed by atoms with Gasteiger partial charge in [-0.05, 0) is 35.9 Å². The number of barbiturate groups is 1. The van der Waals surface area contributed by atoms with Crippen LogP contribution in [0.4, 0.5) is 10.5 Å². The minimum absolute atomic E-state index is 0.0220. The number of rotatable bonds is 7. The summed E-state index contributed by atoms with van der Waals surface area (Å²) in [5, 5.41) is 10.6. The summed E-state index contributed by atoms with van der Waals surface area (Å²) in [6.45, 7) is 0.409. The molecule has 1 heterocycles. The lowest BCUT2D eigenvalue weighted by molar-refractivity contribution is -0.384. The molecule has 31 heavy (non-hydrogen) atoms. The molecule has 0 unspecified atom stereocenters. The highest BCUT2D eigenvalue weighted by molar-refractivity contribution is 6.30. The number of nitro groups is 1. The van der Waals surface area contributed by atoms with Crippen molar-refractivity contribution in [2.75, 3.05) is 27.3 Å². The van der Waals surface area contributed by atoms with E-state index in [4.69, 9.17) is 9.47 Å². The molecule has 0 spiro atoms. The molecule has 160 valence electrons. The summed E-state index contributed by atoms with van der Waals surface area (Å²) in [7, 11) is 2.62. The predicted molar refractivity (Wildman–Crippen MR) is 109 cm³/mol. The summed E-state index contributed by atoms with van der Waals surface area (Å²) in [4.78, 5) is 48.3. The first-order valence-corrected chi connectivity index (χ1v) is 9.20. The normalized spacial score (nSPS) is 14.0. The Labute approximate surface area is 177 Å². The van der Waals surface area contributed by atoms with E-state index in [1.54, 1.807) is 24.3 Å². The fraction of sp³-hybridized carbons (Fsp3) is 0.190. The van der Waals surface area contributed by atoms with Gasteiger partial charge in [0.25, 0.3) is 17.5 Å². The number of non-ortho nitro benzene ring substituents is 1. The topological polar surface area (TPSA) is 119 Å². The third-order valence-electron chi connectivity index (χ3n) is 4.48. The molecule has 0 atom stereocenters. The minimum Gasteiger partial charge on any atom is -0.490 e. The van der Waals surface area contributed by atoms with Crippen LogP contribution in [-0.4, -0.2) is 59.9 Å². The molecule has 1 saturated heterocycles. The SMILES string of the molecule is CN1C(=O)C(=Cc2cccc(OCCOc3ccc([N+](=O)[O-])cc3)c2)C(=O)N(C)C1=O. The maximum Gasteiger partial charge on any atom is 0.333 e. The van der Waals surface area contributed by atoms with Gasteiger partial charge in [0.15, 0.2) is 0 Å². The minimum atomic E-state index is -0.683. The second-order valence-electron chi connectivity index (χ2n) is 6.59. The Balaban J connectivity index is 1.61. The van der Waals surface area contributed by atoms with Crippen molar-refractivity contribution in [2.45, 2.75) is 0 Å². The van der Waals surface area contributed by atoms with Gasteiger partial charge < -0.3 is 9.47 Å². The van der Waals surface area contributed by atoms with Gasteiger partial charge >= 0.3 is 6.03 Å². The fourth-order valence-electron chi connectivity index (χ4n) is 2.82. The van der Waals surface area contributed by atoms with E-state index in [0.717, 1.165) is 9.80 Å². The third-order valence-corrected chi connectivity index (χ3v) is 4.48. The van der Waals surface area contributed by atoms with Crippen molar-refractivity contribution in [3.63, 3.8) is 0 Å². The first kappa shape index (κ1) is 21.5. The second kappa shape index (κ2) is 9.08. The van der Waals surface area contributed by atoms with E-state index in [0.29, 0.717) is 17.1 Å². The summed E-state index contributed by atoms with van der Waals surface area (Å²) in [5.41, 5.74) is 0.413. The number of likely N-dealkylation sites (N-methyl/N-ethyl adjacent to an activating group) is 2. The van der Waals surface area contributed by atoms with E-state index in [1.807, 2.05) is 0 Å². The van der Waals surface area contributed by atoms with E-state index in [2.05, 4.69) is 0 Å². The summed E-state index contributed by atoms with van der Waals surface area (Å²) in [5.74, 6) is -0.369. The van der Waals surface area contributed by atoms with Crippen molar-refractivity contribution in [1.29, 1.82) is 0 Å². The van der Waals surface area contributed by atoms with Gasteiger partial charge in [0.2, 0.25) is 0 Å². The number of urea groups is 1. The fourth-order valence-corrected chi connectivity index (χ4v) is 2.82. The molecule has 10 nitrogen and oxygen atoms in total. The molecule has 0 radical (unpaired) electrons. The van der Waals surface area contributed by atoms with Crippen molar-refractivity contribution >= 4 is 29.6 Å². The highest BCUT2D eigenvalue weighted by Gasteiger charge is 2.37. The highest BCUT2D eigenvalue weighted by Crippen LogP contribution is 2.21. The van der Waals surface area contributed by atoms with E-state index < -0.39 is 22.8 Å². The average Bonchev–Trinajstić information content (AvgIpc) is 2.77. The Kier molecular flexibility index (Phi) is 6.29. The van der Waals surface area contributed by atoms with Gasteiger partial charge in [-0.15, -0.1) is 0 Å². The van der Waals surface area contributed by atoms with Gasteiger partial charge in [0.05, 0.1) is 4.92 Å². The van der Waals surface area contributed by atoms with Gasteiger partial charge in [-0.3, -0.25) is 29.5 Å². The first-order chi connectivity index (χ1) is 14.8. The Morgan fingerprint density at radius 1 is 0.903 bits per heavy atom. The predicted octanol–water partition coefficient (Wildman–Crippen LogP) is 2.49. The number of nitrogens with zero attached hydrogens (tertiary/aromatic N) is 3. The molecule has 1 fully saturated rings. The van der Waals surface area contributed by atoms with E-state index >= 15 is 0 Å². The number of hydrogen-bond acceptors (Lipinski definition) is 7. The van der Waals surface area contributed by atoms with Gasteiger partial charge in [-0.1, -0.05) is 12.1 Å². The van der Waals surface area contributed by atoms with Crippen LogP contribution in [-0.2, 0) is 9.59 Å². The number of carbonyl (C=O) groups is 3. The van der Waals surface area contributed by atoms with Crippen LogP contribution in [0.5, 0.6) is 11.5 Å². The summed E-state index contributed by atoms with van der Waals surface area (Å²) in [6.07, 6.45) is 1.41. The number of ether oxygens (including phenoxy) is 2. The standard InChI is InChI=1S/C21H19N3O7/c1-22-19(25)18(20(26)23(2)21(22)27)13-14-4-3-5-17(12-14)31-11-10-30-16-8-6-15(7-9-16)24(28)29/h3-9,12-13H,10-11H2,1-2H3. The summed E-state index contributed by atoms with van der Waals surface area (Å²) >= 11 is 0. The highest BCUT2D eigenvalue weighted by atomic mass is 16.6. The molecule has 4 amide bonds. The van der Waals surface area contributed by atoms with E-state index in [-0.39, 0.29) is 24.5 Å². The first-order valence-electron chi connectivity index (χ1n) is 9.20. The Morgan fingerprint density at radius 3 is 2.06 bits per heavy atom. The van der Waals surface area contributed by atoms with Crippen molar-refractivity contribution in [2.24, 2.45) is 0 Å². The molecule has 2 aromatic carbocycles. The molecule has 1 aliphatic heterocycles. The van der Waals surface area contributed by atoms with Crippen LogP contribution in [0.25, 0.3) is 6.08 Å². The second-order valence-corrected chi connectivity index (χ2v) is 6.59. The van der Waals surface area contributed by atoms with Crippen LogP contribution in [0.1, 0.15) is 5.56 Å². The zero-order valence-electron chi connectivity index (χ0n) is 16.8. The molecular weight excluding hydrogens is 406 g/mol.